The van der Waals surface area contributed by atoms with Crippen molar-refractivity contribution < 1.29 is 17.9 Å². The van der Waals surface area contributed by atoms with Gasteiger partial charge in [0.1, 0.15) is 5.75 Å². The van der Waals surface area contributed by atoms with Crippen LogP contribution in [-0.2, 0) is 21.2 Å². The number of ether oxygens (including phenoxy) is 1. The third-order valence-corrected chi connectivity index (χ3v) is 5.39. The van der Waals surface area contributed by atoms with Crippen LogP contribution in [0.15, 0.2) is 48.5 Å². The van der Waals surface area contributed by atoms with Gasteiger partial charge in [-0.15, -0.1) is 0 Å². The molecule has 1 N–H and O–H groups in total. The van der Waals surface area contributed by atoms with Crippen molar-refractivity contribution in [3.63, 3.8) is 0 Å². The Morgan fingerprint density at radius 3 is 2.37 bits per heavy atom. The van der Waals surface area contributed by atoms with Crippen molar-refractivity contribution in [2.45, 2.75) is 26.2 Å². The first kappa shape index (κ1) is 20.8. The molecule has 0 spiro atoms. The molecule has 27 heavy (non-hydrogen) atoms. The lowest BCUT2D eigenvalue weighted by molar-refractivity contribution is -0.116. The molecule has 0 aliphatic carbocycles. The zero-order valence-electron chi connectivity index (χ0n) is 15.9. The topological polar surface area (TPSA) is 75.7 Å². The van der Waals surface area contributed by atoms with Crippen LogP contribution in [0.3, 0.4) is 0 Å². The van der Waals surface area contributed by atoms with E-state index in [1.165, 1.54) is 4.31 Å². The minimum atomic E-state index is -3.44. The molecule has 0 saturated carbocycles. The van der Waals surface area contributed by atoms with Crippen molar-refractivity contribution in [1.82, 2.24) is 0 Å². The van der Waals surface area contributed by atoms with Crippen molar-refractivity contribution in [2.24, 2.45) is 0 Å². The van der Waals surface area contributed by atoms with E-state index in [9.17, 15) is 13.2 Å². The molecule has 0 radical (unpaired) electrons. The smallest absolute Gasteiger partial charge is 0.232 e. The number of rotatable bonds is 9. The Bertz CT molecular complexity index is 864. The van der Waals surface area contributed by atoms with Gasteiger partial charge >= 0.3 is 0 Å². The fraction of sp³-hybridized carbons (Fsp3) is 0.350. The molecule has 146 valence electrons. The van der Waals surface area contributed by atoms with Crippen LogP contribution >= 0.6 is 0 Å². The van der Waals surface area contributed by atoms with Gasteiger partial charge in [0.25, 0.3) is 0 Å². The van der Waals surface area contributed by atoms with E-state index in [2.05, 4.69) is 5.32 Å². The van der Waals surface area contributed by atoms with Crippen LogP contribution in [0.1, 0.15) is 25.3 Å². The second kappa shape index (κ2) is 9.41. The predicted molar refractivity (Wildman–Crippen MR) is 109 cm³/mol. The van der Waals surface area contributed by atoms with Crippen LogP contribution in [0.4, 0.5) is 11.4 Å². The number of hydrogen-bond acceptors (Lipinski definition) is 4. The van der Waals surface area contributed by atoms with Gasteiger partial charge in [-0.1, -0.05) is 25.1 Å². The summed E-state index contributed by atoms with van der Waals surface area (Å²) in [7, 11) is -1.89. The molecule has 0 heterocycles. The van der Waals surface area contributed by atoms with Crippen molar-refractivity contribution >= 4 is 27.3 Å². The van der Waals surface area contributed by atoms with Gasteiger partial charge in [0.2, 0.25) is 15.9 Å². The fourth-order valence-corrected chi connectivity index (χ4v) is 3.75. The van der Waals surface area contributed by atoms with Crippen LogP contribution in [0.2, 0.25) is 0 Å². The number of para-hydroxylation sites is 1. The Morgan fingerprint density at radius 2 is 1.78 bits per heavy atom. The van der Waals surface area contributed by atoms with Gasteiger partial charge in [-0.2, -0.15) is 0 Å². The van der Waals surface area contributed by atoms with Crippen LogP contribution in [-0.4, -0.2) is 34.2 Å². The molecule has 0 fully saturated rings. The standard InChI is InChI=1S/C20H26N2O4S/c1-4-16-8-5-6-9-19(16)21-20(23)10-7-15-22(27(3,24)25)17-11-13-18(26-2)14-12-17/h5-6,8-9,11-14H,4,7,10,15H2,1-3H3,(H,21,23). The van der Waals surface area contributed by atoms with Crippen LogP contribution in [0, 0.1) is 0 Å². The van der Waals surface area contributed by atoms with E-state index < -0.39 is 10.0 Å². The molecule has 0 aliphatic heterocycles. The average Bonchev–Trinajstić information content (AvgIpc) is 2.65. The molecule has 2 aromatic carbocycles. The number of hydrogen-bond donors (Lipinski definition) is 1. The number of anilines is 2. The van der Waals surface area contributed by atoms with E-state index >= 15 is 0 Å². The fourth-order valence-electron chi connectivity index (χ4n) is 2.78. The number of aryl methyl sites for hydroxylation is 1. The summed E-state index contributed by atoms with van der Waals surface area (Å²) in [5.74, 6) is 0.528. The summed E-state index contributed by atoms with van der Waals surface area (Å²) in [6, 6.07) is 14.5. The Labute approximate surface area is 161 Å². The van der Waals surface area contributed by atoms with Crippen LogP contribution in [0.25, 0.3) is 0 Å². The summed E-state index contributed by atoms with van der Waals surface area (Å²) in [6.07, 6.45) is 2.64. The molecule has 7 heteroatoms. The lowest BCUT2D eigenvalue weighted by atomic mass is 10.1. The molecule has 0 aromatic heterocycles. The molecule has 2 rings (SSSR count). The summed E-state index contributed by atoms with van der Waals surface area (Å²) < 4.78 is 30.7. The minimum absolute atomic E-state index is 0.126. The first-order valence-corrected chi connectivity index (χ1v) is 10.7. The summed E-state index contributed by atoms with van der Waals surface area (Å²) in [5.41, 5.74) is 2.43. The predicted octanol–water partition coefficient (Wildman–Crippen LogP) is 3.44. The van der Waals surface area contributed by atoms with Gasteiger partial charge in [-0.25, -0.2) is 8.42 Å². The molecule has 2 aromatic rings. The normalized spacial score (nSPS) is 11.1. The largest absolute Gasteiger partial charge is 0.497 e. The lowest BCUT2D eigenvalue weighted by Crippen LogP contribution is -2.31. The van der Waals surface area contributed by atoms with Crippen LogP contribution in [0.5, 0.6) is 5.75 Å². The molecule has 0 unspecified atom stereocenters. The van der Waals surface area contributed by atoms with Gasteiger partial charge in [0.15, 0.2) is 0 Å². The zero-order chi connectivity index (χ0) is 19.9. The van der Waals surface area contributed by atoms with E-state index in [0.29, 0.717) is 17.9 Å². The van der Waals surface area contributed by atoms with Crippen molar-refractivity contribution in [1.29, 1.82) is 0 Å². The number of methoxy groups -OCH3 is 1. The van der Waals surface area contributed by atoms with Crippen molar-refractivity contribution in [2.75, 3.05) is 29.5 Å². The maximum atomic E-state index is 12.2. The van der Waals surface area contributed by atoms with Gasteiger partial charge in [0, 0.05) is 18.7 Å². The number of carbonyl (C=O) groups is 1. The lowest BCUT2D eigenvalue weighted by Gasteiger charge is -2.22. The quantitative estimate of drug-likeness (QED) is 0.712. The number of amides is 1. The van der Waals surface area contributed by atoms with Crippen molar-refractivity contribution in [3.8, 4) is 5.75 Å². The number of carbonyl (C=O) groups excluding carboxylic acids is 1. The second-order valence-electron chi connectivity index (χ2n) is 6.20. The monoisotopic (exact) mass is 390 g/mol. The first-order valence-electron chi connectivity index (χ1n) is 8.84. The maximum Gasteiger partial charge on any atom is 0.232 e. The minimum Gasteiger partial charge on any atom is -0.497 e. The number of sulfonamides is 1. The van der Waals surface area contributed by atoms with E-state index in [1.807, 2.05) is 31.2 Å². The molecule has 0 aliphatic rings. The SMILES string of the molecule is CCc1ccccc1NC(=O)CCCN(c1ccc(OC)cc1)S(C)(=O)=O. The first-order chi connectivity index (χ1) is 12.8. The molecular formula is C20H26N2O4S. The van der Waals surface area contributed by atoms with Gasteiger partial charge < -0.3 is 10.1 Å². The molecular weight excluding hydrogens is 364 g/mol. The van der Waals surface area contributed by atoms with E-state index in [1.54, 1.807) is 31.4 Å². The Kier molecular flexibility index (Phi) is 7.24. The third-order valence-electron chi connectivity index (χ3n) is 4.20. The van der Waals surface area contributed by atoms with E-state index in [-0.39, 0.29) is 18.9 Å². The molecule has 0 bridgehead atoms. The molecule has 6 nitrogen and oxygen atoms in total. The number of benzene rings is 2. The highest BCUT2D eigenvalue weighted by Gasteiger charge is 2.17. The van der Waals surface area contributed by atoms with Gasteiger partial charge in [-0.3, -0.25) is 9.10 Å². The number of nitrogens with one attached hydrogen (secondary N) is 1. The average molecular weight is 391 g/mol. The van der Waals surface area contributed by atoms with Gasteiger partial charge in [0.05, 0.1) is 19.1 Å². The Morgan fingerprint density at radius 1 is 1.11 bits per heavy atom. The highest BCUT2D eigenvalue weighted by Crippen LogP contribution is 2.22. The van der Waals surface area contributed by atoms with E-state index in [4.69, 9.17) is 4.74 Å². The van der Waals surface area contributed by atoms with E-state index in [0.717, 1.165) is 23.9 Å². The summed E-state index contributed by atoms with van der Waals surface area (Å²) in [6.45, 7) is 2.26. The highest BCUT2D eigenvalue weighted by molar-refractivity contribution is 7.92. The number of nitrogens with zero attached hydrogens (tertiary/aromatic N) is 1. The third kappa shape index (κ3) is 5.99. The molecule has 1 amide bonds. The molecule has 0 saturated heterocycles. The zero-order valence-corrected chi connectivity index (χ0v) is 16.8. The Hall–Kier alpha value is -2.54. The maximum absolute atomic E-state index is 12.2. The summed E-state index contributed by atoms with van der Waals surface area (Å²) in [4.78, 5) is 12.2. The van der Waals surface area contributed by atoms with Crippen LogP contribution < -0.4 is 14.4 Å². The Balaban J connectivity index is 1.98. The van der Waals surface area contributed by atoms with Crippen molar-refractivity contribution in [3.05, 3.63) is 54.1 Å². The second-order valence-corrected chi connectivity index (χ2v) is 8.10. The highest BCUT2D eigenvalue weighted by atomic mass is 32.2. The summed E-state index contributed by atoms with van der Waals surface area (Å²) in [5, 5.41) is 2.91. The molecule has 0 atom stereocenters. The van der Waals surface area contributed by atoms with Gasteiger partial charge in [-0.05, 0) is 48.7 Å². The summed E-state index contributed by atoms with van der Waals surface area (Å²) >= 11 is 0.